The largest absolute Gasteiger partial charge is 0.345 e. The molecule has 160 valence electrons. The first kappa shape index (κ1) is 20.2. The summed E-state index contributed by atoms with van der Waals surface area (Å²) in [4.78, 5) is 13.4. The third kappa shape index (κ3) is 3.71. The Labute approximate surface area is 186 Å². The molecule has 0 radical (unpaired) electrons. The Morgan fingerprint density at radius 1 is 0.938 bits per heavy atom. The number of nitrogens with zero attached hydrogens (tertiary/aromatic N) is 2. The van der Waals surface area contributed by atoms with Gasteiger partial charge in [0, 0.05) is 11.1 Å². The summed E-state index contributed by atoms with van der Waals surface area (Å²) in [6.07, 6.45) is 2.08. The van der Waals surface area contributed by atoms with Gasteiger partial charge < -0.3 is 5.32 Å². The molecule has 1 aliphatic heterocycles. The van der Waals surface area contributed by atoms with Crippen LogP contribution in [0.5, 0.6) is 0 Å². The molecule has 0 spiro atoms. The van der Waals surface area contributed by atoms with Crippen molar-refractivity contribution in [3.8, 4) is 16.9 Å². The maximum atomic E-state index is 13.1. The number of carbonyl (C=O) groups excluding carboxylic acids is 1. The fraction of sp³-hybridized carbons (Fsp3) is 0.120. The van der Waals surface area contributed by atoms with E-state index in [2.05, 4.69) is 10.4 Å². The van der Waals surface area contributed by atoms with E-state index in [0.717, 1.165) is 16.9 Å². The van der Waals surface area contributed by atoms with E-state index in [1.165, 1.54) is 0 Å². The van der Waals surface area contributed by atoms with Crippen LogP contribution in [0.15, 0.2) is 96.0 Å². The summed E-state index contributed by atoms with van der Waals surface area (Å²) in [5.74, 6) is -0.234. The second-order valence-corrected chi connectivity index (χ2v) is 9.79. The highest BCUT2D eigenvalue weighted by Crippen LogP contribution is 2.32. The molecule has 0 saturated carbocycles. The van der Waals surface area contributed by atoms with Crippen LogP contribution in [0.2, 0.25) is 0 Å². The average Bonchev–Trinajstić information content (AvgIpc) is 3.32. The standard InChI is InChI=1S/C25H21N3O3S/c29-25(27-22-14-16-32(30,31)24-12-5-4-11-21(22)24)19-9-6-10-20(17-19)28-23(13-15-26-28)18-7-2-1-3-8-18/h1-13,15,17,22H,14,16H2,(H,27,29). The van der Waals surface area contributed by atoms with Crippen LogP contribution in [-0.2, 0) is 9.84 Å². The summed E-state index contributed by atoms with van der Waals surface area (Å²) in [5, 5.41) is 7.46. The Morgan fingerprint density at radius 2 is 1.72 bits per heavy atom. The average molecular weight is 444 g/mol. The summed E-state index contributed by atoms with van der Waals surface area (Å²) in [6, 6.07) is 25.6. The van der Waals surface area contributed by atoms with Crippen LogP contribution in [0.4, 0.5) is 0 Å². The molecule has 0 aliphatic carbocycles. The van der Waals surface area contributed by atoms with E-state index < -0.39 is 9.84 Å². The number of hydrogen-bond donors (Lipinski definition) is 1. The number of sulfone groups is 1. The van der Waals surface area contributed by atoms with E-state index in [9.17, 15) is 13.2 Å². The summed E-state index contributed by atoms with van der Waals surface area (Å²) in [6.45, 7) is 0. The molecule has 5 rings (SSSR count). The van der Waals surface area contributed by atoms with Crippen molar-refractivity contribution in [3.63, 3.8) is 0 Å². The van der Waals surface area contributed by atoms with Gasteiger partial charge in [0.25, 0.3) is 5.91 Å². The Morgan fingerprint density at radius 3 is 2.56 bits per heavy atom. The van der Waals surface area contributed by atoms with Crippen molar-refractivity contribution in [1.82, 2.24) is 15.1 Å². The molecule has 32 heavy (non-hydrogen) atoms. The van der Waals surface area contributed by atoms with E-state index in [1.807, 2.05) is 48.5 Å². The predicted octanol–water partition coefficient (Wildman–Crippen LogP) is 4.19. The van der Waals surface area contributed by atoms with Gasteiger partial charge in [-0.05, 0) is 42.3 Å². The normalized spacial score (nSPS) is 16.8. The molecule has 2 heterocycles. The smallest absolute Gasteiger partial charge is 0.251 e. The zero-order valence-corrected chi connectivity index (χ0v) is 18.0. The van der Waals surface area contributed by atoms with Gasteiger partial charge in [0.2, 0.25) is 0 Å². The molecule has 1 atom stereocenters. The molecule has 7 heteroatoms. The number of fused-ring (bicyclic) bond motifs is 1. The van der Waals surface area contributed by atoms with Crippen molar-refractivity contribution in [2.45, 2.75) is 17.4 Å². The Bertz CT molecular complexity index is 1390. The van der Waals surface area contributed by atoms with Crippen molar-refractivity contribution in [3.05, 3.63) is 102 Å². The minimum atomic E-state index is -3.31. The third-order valence-corrected chi connectivity index (χ3v) is 7.49. The third-order valence-electron chi connectivity index (χ3n) is 5.68. The predicted molar refractivity (Wildman–Crippen MR) is 122 cm³/mol. The molecule has 6 nitrogen and oxygen atoms in total. The van der Waals surface area contributed by atoms with Crippen LogP contribution in [0.3, 0.4) is 0 Å². The van der Waals surface area contributed by atoms with E-state index in [1.54, 1.807) is 47.3 Å². The number of amides is 1. The number of rotatable bonds is 4. The highest BCUT2D eigenvalue weighted by molar-refractivity contribution is 7.91. The van der Waals surface area contributed by atoms with E-state index in [4.69, 9.17) is 0 Å². The molecule has 3 aromatic carbocycles. The van der Waals surface area contributed by atoms with Crippen molar-refractivity contribution < 1.29 is 13.2 Å². The van der Waals surface area contributed by atoms with Gasteiger partial charge in [-0.15, -0.1) is 0 Å². The molecule has 1 N–H and O–H groups in total. The molecule has 4 aromatic rings. The van der Waals surface area contributed by atoms with Crippen LogP contribution in [-0.4, -0.2) is 29.9 Å². The van der Waals surface area contributed by atoms with E-state index in [-0.39, 0.29) is 17.7 Å². The SMILES string of the molecule is O=C(NC1CCS(=O)(=O)c2ccccc21)c1cccc(-n2nccc2-c2ccccc2)c1. The van der Waals surface area contributed by atoms with Crippen molar-refractivity contribution >= 4 is 15.7 Å². The first-order chi connectivity index (χ1) is 15.5. The molecule has 1 unspecified atom stereocenters. The van der Waals surface area contributed by atoms with Crippen LogP contribution < -0.4 is 5.32 Å². The highest BCUT2D eigenvalue weighted by Gasteiger charge is 2.31. The lowest BCUT2D eigenvalue weighted by Gasteiger charge is -2.26. The lowest BCUT2D eigenvalue weighted by Crippen LogP contribution is -2.33. The lowest BCUT2D eigenvalue weighted by molar-refractivity contribution is 0.0934. The van der Waals surface area contributed by atoms with Gasteiger partial charge in [-0.1, -0.05) is 54.6 Å². The van der Waals surface area contributed by atoms with Gasteiger partial charge in [0.05, 0.1) is 34.3 Å². The van der Waals surface area contributed by atoms with Crippen LogP contribution in [0.1, 0.15) is 28.4 Å². The molecular weight excluding hydrogens is 422 g/mol. The Balaban J connectivity index is 1.43. The first-order valence-electron chi connectivity index (χ1n) is 10.4. The van der Waals surface area contributed by atoms with Gasteiger partial charge in [0.1, 0.15) is 0 Å². The quantitative estimate of drug-likeness (QED) is 0.513. The fourth-order valence-corrected chi connectivity index (χ4v) is 5.72. The van der Waals surface area contributed by atoms with Gasteiger partial charge in [-0.2, -0.15) is 5.10 Å². The minimum Gasteiger partial charge on any atom is -0.345 e. The van der Waals surface area contributed by atoms with E-state index in [0.29, 0.717) is 22.4 Å². The van der Waals surface area contributed by atoms with Crippen molar-refractivity contribution in [2.75, 3.05) is 5.75 Å². The summed E-state index contributed by atoms with van der Waals surface area (Å²) in [5.41, 5.74) is 3.85. The second kappa shape index (κ2) is 8.09. The number of nitrogens with one attached hydrogen (secondary N) is 1. The molecule has 0 saturated heterocycles. The molecule has 0 bridgehead atoms. The number of benzene rings is 3. The van der Waals surface area contributed by atoms with Crippen molar-refractivity contribution in [2.24, 2.45) is 0 Å². The molecule has 1 aliphatic rings. The Hall–Kier alpha value is -3.71. The minimum absolute atomic E-state index is 0.0166. The van der Waals surface area contributed by atoms with Crippen LogP contribution >= 0.6 is 0 Å². The molecular formula is C25H21N3O3S. The van der Waals surface area contributed by atoms with Gasteiger partial charge in [-0.25, -0.2) is 13.1 Å². The number of hydrogen-bond acceptors (Lipinski definition) is 4. The lowest BCUT2D eigenvalue weighted by atomic mass is 10.0. The maximum absolute atomic E-state index is 13.1. The number of carbonyl (C=O) groups is 1. The summed E-state index contributed by atoms with van der Waals surface area (Å²) in [7, 11) is -3.31. The zero-order chi connectivity index (χ0) is 22.1. The highest BCUT2D eigenvalue weighted by atomic mass is 32.2. The van der Waals surface area contributed by atoms with Gasteiger partial charge in [0.15, 0.2) is 9.84 Å². The van der Waals surface area contributed by atoms with E-state index >= 15 is 0 Å². The second-order valence-electron chi connectivity index (χ2n) is 7.72. The monoisotopic (exact) mass is 443 g/mol. The summed E-state index contributed by atoms with van der Waals surface area (Å²) >= 11 is 0. The topological polar surface area (TPSA) is 81.1 Å². The molecule has 0 fully saturated rings. The van der Waals surface area contributed by atoms with Crippen LogP contribution in [0, 0.1) is 0 Å². The van der Waals surface area contributed by atoms with Crippen molar-refractivity contribution in [1.29, 1.82) is 0 Å². The fourth-order valence-electron chi connectivity index (χ4n) is 4.10. The Kier molecular flexibility index (Phi) is 5.11. The van der Waals surface area contributed by atoms with Crippen LogP contribution in [0.25, 0.3) is 16.9 Å². The summed E-state index contributed by atoms with van der Waals surface area (Å²) < 4.78 is 26.6. The first-order valence-corrected chi connectivity index (χ1v) is 12.0. The molecule has 1 amide bonds. The zero-order valence-electron chi connectivity index (χ0n) is 17.2. The maximum Gasteiger partial charge on any atom is 0.251 e. The van der Waals surface area contributed by atoms with Gasteiger partial charge >= 0.3 is 0 Å². The number of aromatic nitrogens is 2. The van der Waals surface area contributed by atoms with Gasteiger partial charge in [-0.3, -0.25) is 4.79 Å². The molecule has 1 aromatic heterocycles.